The van der Waals surface area contributed by atoms with Crippen LogP contribution in [0.4, 0.5) is 4.79 Å². The number of halogens is 1. The first-order chi connectivity index (χ1) is 10.8. The first-order valence-electron chi connectivity index (χ1n) is 8.04. The van der Waals surface area contributed by atoms with Crippen LogP contribution in [0.25, 0.3) is 6.08 Å². The maximum absolute atomic E-state index is 12.1. The lowest BCUT2D eigenvalue weighted by molar-refractivity contribution is 0.0708. The zero-order chi connectivity index (χ0) is 17.0. The fourth-order valence-electron chi connectivity index (χ4n) is 2.78. The van der Waals surface area contributed by atoms with Crippen LogP contribution in [-0.2, 0) is 4.74 Å². The summed E-state index contributed by atoms with van der Waals surface area (Å²) in [6.07, 6.45) is 5.83. The van der Waals surface area contributed by atoms with Gasteiger partial charge in [-0.05, 0) is 57.4 Å². The minimum Gasteiger partial charge on any atom is -0.497 e. The minimum absolute atomic E-state index is 0.0309. The van der Waals surface area contributed by atoms with E-state index >= 15 is 0 Å². The molecule has 23 heavy (non-hydrogen) atoms. The lowest BCUT2D eigenvalue weighted by Gasteiger charge is -2.25. The van der Waals surface area contributed by atoms with Crippen LogP contribution in [0.1, 0.15) is 39.2 Å². The Morgan fingerprint density at radius 1 is 1.22 bits per heavy atom. The number of hydrogen-bond acceptors (Lipinski definition) is 3. The van der Waals surface area contributed by atoms with Crippen molar-refractivity contribution in [1.82, 2.24) is 0 Å². The molecule has 1 aromatic carbocycles. The number of benzene rings is 1. The Kier molecular flexibility index (Phi) is 5.96. The zero-order valence-corrected chi connectivity index (χ0v) is 15.9. The van der Waals surface area contributed by atoms with Crippen molar-refractivity contribution in [2.24, 2.45) is 0 Å². The van der Waals surface area contributed by atoms with Crippen molar-refractivity contribution in [2.75, 3.05) is 7.11 Å². The van der Waals surface area contributed by atoms with E-state index in [1.165, 1.54) is 5.57 Å². The molecule has 2 rings (SSSR count). The number of carbonyl (C=O) groups excluding carboxylic acids is 1. The molecule has 3 nitrogen and oxygen atoms in total. The van der Waals surface area contributed by atoms with Crippen LogP contribution in [-0.4, -0.2) is 25.3 Å². The van der Waals surface area contributed by atoms with Gasteiger partial charge in [0.15, 0.2) is 0 Å². The highest BCUT2D eigenvalue weighted by atomic mass is 79.9. The summed E-state index contributed by atoms with van der Waals surface area (Å²) < 4.78 is 11.8. The van der Waals surface area contributed by atoms with Gasteiger partial charge >= 0.3 is 0 Å². The summed E-state index contributed by atoms with van der Waals surface area (Å²) in [6, 6.07) is 6.05. The fraction of sp³-hybridized carbons (Fsp3) is 0.500. The van der Waals surface area contributed by atoms with E-state index in [9.17, 15) is 4.79 Å². The fourth-order valence-corrected chi connectivity index (χ4v) is 3.26. The molecule has 0 aromatic heterocycles. The number of carbonyl (C=O) groups is 1. The zero-order valence-electron chi connectivity index (χ0n) is 14.3. The summed E-state index contributed by atoms with van der Waals surface area (Å²) in [5.74, 6) is 0.786. The Balaban J connectivity index is 1.99. The molecule has 0 amide bonds. The van der Waals surface area contributed by atoms with Gasteiger partial charge in [0.1, 0.15) is 11.4 Å². The lowest BCUT2D eigenvalue weighted by atomic mass is 9.41. The first kappa shape index (κ1) is 18.1. The number of ether oxygens (including phenoxy) is 2. The average Bonchev–Trinajstić information content (AvgIpc) is 2.45. The van der Waals surface area contributed by atoms with Crippen LogP contribution < -0.4 is 4.74 Å². The van der Waals surface area contributed by atoms with E-state index in [0.717, 1.165) is 41.3 Å². The minimum atomic E-state index is -0.403. The van der Waals surface area contributed by atoms with Crippen LogP contribution >= 0.6 is 15.9 Å². The predicted molar refractivity (Wildman–Crippen MR) is 99.5 cm³/mol. The Hall–Kier alpha value is -1.23. The quantitative estimate of drug-likeness (QED) is 0.637. The summed E-state index contributed by atoms with van der Waals surface area (Å²) in [6.45, 7) is 5.78. The van der Waals surface area contributed by atoms with Gasteiger partial charge in [-0.15, -0.1) is 0 Å². The van der Waals surface area contributed by atoms with E-state index in [-0.39, 0.29) is 12.6 Å². The van der Waals surface area contributed by atoms with Gasteiger partial charge in [0.05, 0.1) is 7.11 Å². The van der Waals surface area contributed by atoms with Crippen molar-refractivity contribution in [3.05, 3.63) is 33.8 Å². The van der Waals surface area contributed by atoms with Crippen molar-refractivity contribution in [2.45, 2.75) is 51.9 Å². The third kappa shape index (κ3) is 5.72. The molecule has 0 spiro atoms. The van der Waals surface area contributed by atoms with Gasteiger partial charge in [0.25, 0.3) is 12.6 Å². The van der Waals surface area contributed by atoms with Crippen LogP contribution in [0.5, 0.6) is 5.75 Å². The number of methoxy groups -OCH3 is 1. The standard InChI is InChI=1S/C18H24BBrO3/c1-18(2,3)23-17(21)19-7-5-13(6-8-19)9-14-10-15(20)12-16(11-14)22-4/h9-12H,5-8H2,1-4H3. The Bertz CT molecular complexity index is 595. The van der Waals surface area contributed by atoms with E-state index in [2.05, 4.69) is 28.1 Å². The molecule has 1 fully saturated rings. The molecule has 0 saturated carbocycles. The summed E-state index contributed by atoms with van der Waals surface area (Å²) in [5, 5.41) is 0. The second-order valence-electron chi connectivity index (χ2n) is 7.03. The van der Waals surface area contributed by atoms with Crippen LogP contribution in [0.15, 0.2) is 28.2 Å². The molecule has 1 aromatic rings. The molecule has 0 N–H and O–H groups in total. The largest absolute Gasteiger partial charge is 0.497 e. The monoisotopic (exact) mass is 378 g/mol. The van der Waals surface area contributed by atoms with Crippen LogP contribution in [0, 0.1) is 0 Å². The van der Waals surface area contributed by atoms with E-state index < -0.39 is 5.60 Å². The Labute approximate surface area is 147 Å². The highest BCUT2D eigenvalue weighted by Gasteiger charge is 2.31. The van der Waals surface area contributed by atoms with Crippen LogP contribution in [0.2, 0.25) is 12.6 Å². The van der Waals surface area contributed by atoms with Gasteiger partial charge in [-0.2, -0.15) is 0 Å². The van der Waals surface area contributed by atoms with E-state index in [1.807, 2.05) is 32.9 Å². The third-order valence-electron chi connectivity index (χ3n) is 3.87. The number of allylic oxidation sites excluding steroid dienone is 1. The predicted octanol–water partition coefficient (Wildman–Crippen LogP) is 5.65. The van der Waals surface area contributed by atoms with Crippen molar-refractivity contribution in [3.63, 3.8) is 0 Å². The SMILES string of the molecule is COc1cc(Br)cc(C=C2CCB(C(=O)OC(C)(C)C)CC2)c1. The second kappa shape index (κ2) is 7.56. The van der Waals surface area contributed by atoms with Gasteiger partial charge in [0, 0.05) is 4.47 Å². The van der Waals surface area contributed by atoms with Gasteiger partial charge in [-0.1, -0.05) is 40.2 Å². The molecule has 0 aliphatic carbocycles. The molecular weight excluding hydrogens is 355 g/mol. The van der Waals surface area contributed by atoms with Gasteiger partial charge in [-0.3, -0.25) is 4.79 Å². The highest BCUT2D eigenvalue weighted by Crippen LogP contribution is 2.30. The smallest absolute Gasteiger partial charge is 0.278 e. The summed E-state index contributed by atoms with van der Waals surface area (Å²) in [5.41, 5.74) is 2.10. The number of hydrogen-bond donors (Lipinski definition) is 0. The molecule has 0 atom stereocenters. The maximum atomic E-state index is 12.1. The number of rotatable bonds is 3. The van der Waals surface area contributed by atoms with Crippen molar-refractivity contribution < 1.29 is 14.3 Å². The molecule has 0 bridgehead atoms. The molecule has 1 heterocycles. The van der Waals surface area contributed by atoms with Gasteiger partial charge in [-0.25, -0.2) is 0 Å². The summed E-state index contributed by atoms with van der Waals surface area (Å²) in [4.78, 5) is 12.1. The van der Waals surface area contributed by atoms with E-state index in [4.69, 9.17) is 9.47 Å². The van der Waals surface area contributed by atoms with Crippen molar-refractivity contribution in [3.8, 4) is 5.75 Å². The molecule has 1 aliphatic heterocycles. The van der Waals surface area contributed by atoms with Gasteiger partial charge < -0.3 is 9.47 Å². The van der Waals surface area contributed by atoms with Crippen LogP contribution in [0.3, 0.4) is 0 Å². The molecule has 5 heteroatoms. The highest BCUT2D eigenvalue weighted by molar-refractivity contribution is 9.10. The van der Waals surface area contributed by atoms with Crippen molar-refractivity contribution in [1.29, 1.82) is 0 Å². The summed E-state index contributed by atoms with van der Waals surface area (Å²) >= 11 is 3.50. The van der Waals surface area contributed by atoms with Gasteiger partial charge in [0.2, 0.25) is 0 Å². The molecule has 0 unspecified atom stereocenters. The first-order valence-corrected chi connectivity index (χ1v) is 8.83. The summed E-state index contributed by atoms with van der Waals surface area (Å²) in [7, 11) is 1.67. The topological polar surface area (TPSA) is 35.5 Å². The molecule has 1 saturated heterocycles. The molecule has 124 valence electrons. The van der Waals surface area contributed by atoms with E-state index in [1.54, 1.807) is 7.11 Å². The van der Waals surface area contributed by atoms with Crippen molar-refractivity contribution >= 4 is 34.6 Å². The molecule has 0 radical (unpaired) electrons. The molecule has 1 aliphatic rings. The maximum Gasteiger partial charge on any atom is 0.278 e. The Morgan fingerprint density at radius 2 is 1.87 bits per heavy atom. The third-order valence-corrected chi connectivity index (χ3v) is 4.33. The Morgan fingerprint density at radius 3 is 2.43 bits per heavy atom. The van der Waals surface area contributed by atoms with E-state index in [0.29, 0.717) is 0 Å². The second-order valence-corrected chi connectivity index (χ2v) is 7.95. The normalized spacial score (nSPS) is 15.3. The average molecular weight is 379 g/mol. The lowest BCUT2D eigenvalue weighted by Crippen LogP contribution is -2.35. The molecular formula is C18H24BBrO3.